The van der Waals surface area contributed by atoms with Crippen LogP contribution in [-0.2, 0) is 15.8 Å². The summed E-state index contributed by atoms with van der Waals surface area (Å²) in [6.07, 6.45) is -4.43. The number of nitrogens with one attached hydrogen (secondary N) is 1. The standard InChI is InChI=1S/C13H16F3NO2/c1-8-5-6-9(7-10(8)13(14,15)16)17-19-11(18)12(2,3)4/h5-7,17H,1-4H3. The van der Waals surface area contributed by atoms with E-state index < -0.39 is 23.1 Å². The molecule has 0 amide bonds. The summed E-state index contributed by atoms with van der Waals surface area (Å²) in [6.45, 7) is 6.31. The van der Waals surface area contributed by atoms with E-state index in [0.717, 1.165) is 6.07 Å². The zero-order valence-electron chi connectivity index (χ0n) is 11.2. The van der Waals surface area contributed by atoms with Gasteiger partial charge in [0, 0.05) is 0 Å². The van der Waals surface area contributed by atoms with Gasteiger partial charge in [0.2, 0.25) is 0 Å². The van der Waals surface area contributed by atoms with Gasteiger partial charge in [0.1, 0.15) is 0 Å². The Balaban J connectivity index is 2.85. The molecule has 1 N–H and O–H groups in total. The van der Waals surface area contributed by atoms with E-state index in [1.807, 2.05) is 0 Å². The lowest BCUT2D eigenvalue weighted by Gasteiger charge is -2.17. The lowest BCUT2D eigenvalue weighted by molar-refractivity contribution is -0.149. The molecule has 0 atom stereocenters. The molecule has 1 rings (SSSR count). The molecule has 3 nitrogen and oxygen atoms in total. The second kappa shape index (κ2) is 5.11. The third-order valence-corrected chi connectivity index (χ3v) is 2.42. The minimum atomic E-state index is -4.43. The van der Waals surface area contributed by atoms with Gasteiger partial charge in [-0.3, -0.25) is 0 Å². The highest BCUT2D eigenvalue weighted by molar-refractivity contribution is 5.76. The van der Waals surface area contributed by atoms with Gasteiger partial charge >= 0.3 is 12.1 Å². The minimum Gasteiger partial charge on any atom is -0.343 e. The van der Waals surface area contributed by atoms with E-state index >= 15 is 0 Å². The summed E-state index contributed by atoms with van der Waals surface area (Å²) in [7, 11) is 0. The van der Waals surface area contributed by atoms with Crippen LogP contribution in [0.2, 0.25) is 0 Å². The normalized spacial score (nSPS) is 12.2. The first-order valence-corrected chi connectivity index (χ1v) is 5.67. The van der Waals surface area contributed by atoms with Crippen LogP contribution in [-0.4, -0.2) is 5.97 Å². The number of alkyl halides is 3. The molecular weight excluding hydrogens is 259 g/mol. The zero-order valence-corrected chi connectivity index (χ0v) is 11.2. The second-order valence-corrected chi connectivity index (χ2v) is 5.27. The van der Waals surface area contributed by atoms with Gasteiger partial charge in [0.05, 0.1) is 16.7 Å². The number of hydrogen-bond acceptors (Lipinski definition) is 3. The Morgan fingerprint density at radius 1 is 1.21 bits per heavy atom. The summed E-state index contributed by atoms with van der Waals surface area (Å²) in [4.78, 5) is 16.2. The molecule has 0 unspecified atom stereocenters. The van der Waals surface area contributed by atoms with Crippen LogP contribution < -0.4 is 5.48 Å². The van der Waals surface area contributed by atoms with Crippen LogP contribution in [0.5, 0.6) is 0 Å². The van der Waals surface area contributed by atoms with Gasteiger partial charge in [-0.2, -0.15) is 13.2 Å². The van der Waals surface area contributed by atoms with E-state index in [4.69, 9.17) is 4.84 Å². The van der Waals surface area contributed by atoms with E-state index in [-0.39, 0.29) is 11.3 Å². The van der Waals surface area contributed by atoms with Crippen LogP contribution in [0, 0.1) is 12.3 Å². The molecule has 0 aliphatic carbocycles. The van der Waals surface area contributed by atoms with Crippen molar-refractivity contribution in [3.05, 3.63) is 29.3 Å². The fourth-order valence-corrected chi connectivity index (χ4v) is 1.25. The summed E-state index contributed by atoms with van der Waals surface area (Å²) in [5, 5.41) is 0. The van der Waals surface area contributed by atoms with Crippen molar-refractivity contribution in [3.8, 4) is 0 Å². The van der Waals surface area contributed by atoms with Gasteiger partial charge in [0.25, 0.3) is 0 Å². The van der Waals surface area contributed by atoms with Crippen molar-refractivity contribution in [2.75, 3.05) is 5.48 Å². The Kier molecular flexibility index (Phi) is 4.12. The number of halogens is 3. The first kappa shape index (κ1) is 15.3. The first-order valence-electron chi connectivity index (χ1n) is 5.67. The Morgan fingerprint density at radius 2 is 1.79 bits per heavy atom. The number of benzene rings is 1. The maximum atomic E-state index is 12.7. The van der Waals surface area contributed by atoms with E-state index in [1.54, 1.807) is 20.8 Å². The van der Waals surface area contributed by atoms with Crippen molar-refractivity contribution in [2.45, 2.75) is 33.9 Å². The molecule has 0 aliphatic heterocycles. The van der Waals surface area contributed by atoms with Crippen molar-refractivity contribution in [1.29, 1.82) is 0 Å². The highest BCUT2D eigenvalue weighted by Crippen LogP contribution is 2.33. The molecule has 0 saturated carbocycles. The predicted molar refractivity (Wildman–Crippen MR) is 65.4 cm³/mol. The van der Waals surface area contributed by atoms with Crippen molar-refractivity contribution < 1.29 is 22.8 Å². The zero-order chi connectivity index (χ0) is 14.8. The third-order valence-electron chi connectivity index (χ3n) is 2.42. The topological polar surface area (TPSA) is 38.3 Å². The Morgan fingerprint density at radius 3 is 2.26 bits per heavy atom. The quantitative estimate of drug-likeness (QED) is 0.831. The smallest absolute Gasteiger partial charge is 0.343 e. The fraction of sp³-hybridized carbons (Fsp3) is 0.462. The summed E-state index contributed by atoms with van der Waals surface area (Å²) >= 11 is 0. The lowest BCUT2D eigenvalue weighted by atomic mass is 9.98. The summed E-state index contributed by atoms with van der Waals surface area (Å²) in [5.74, 6) is -0.554. The maximum Gasteiger partial charge on any atom is 0.416 e. The Hall–Kier alpha value is -1.72. The molecule has 0 aromatic heterocycles. The van der Waals surface area contributed by atoms with E-state index in [1.165, 1.54) is 19.1 Å². The predicted octanol–water partition coefficient (Wildman–Crippen LogP) is 3.93. The highest BCUT2D eigenvalue weighted by atomic mass is 19.4. The van der Waals surface area contributed by atoms with Gasteiger partial charge in [-0.15, -0.1) is 0 Å². The van der Waals surface area contributed by atoms with Crippen LogP contribution in [0.4, 0.5) is 18.9 Å². The second-order valence-electron chi connectivity index (χ2n) is 5.27. The minimum absolute atomic E-state index is 0.0792. The summed E-state index contributed by atoms with van der Waals surface area (Å²) in [5.41, 5.74) is 0.940. The molecule has 0 bridgehead atoms. The van der Waals surface area contributed by atoms with Gasteiger partial charge in [-0.25, -0.2) is 10.3 Å². The van der Waals surface area contributed by atoms with Crippen LogP contribution in [0.1, 0.15) is 31.9 Å². The highest BCUT2D eigenvalue weighted by Gasteiger charge is 2.32. The number of hydrogen-bond donors (Lipinski definition) is 1. The number of carbonyl (C=O) groups excluding carboxylic acids is 1. The van der Waals surface area contributed by atoms with E-state index in [2.05, 4.69) is 5.48 Å². The molecule has 6 heteroatoms. The Bertz CT molecular complexity index is 476. The lowest BCUT2D eigenvalue weighted by Crippen LogP contribution is -2.25. The largest absolute Gasteiger partial charge is 0.416 e. The summed E-state index contributed by atoms with van der Waals surface area (Å²) < 4.78 is 38.0. The van der Waals surface area contributed by atoms with Crippen molar-refractivity contribution in [1.82, 2.24) is 0 Å². The molecular formula is C13H16F3NO2. The van der Waals surface area contributed by atoms with Crippen LogP contribution in [0.3, 0.4) is 0 Å². The van der Waals surface area contributed by atoms with Crippen LogP contribution >= 0.6 is 0 Å². The van der Waals surface area contributed by atoms with Gasteiger partial charge < -0.3 is 4.84 Å². The molecule has 19 heavy (non-hydrogen) atoms. The molecule has 0 radical (unpaired) electrons. The summed E-state index contributed by atoms with van der Waals surface area (Å²) in [6, 6.07) is 3.64. The van der Waals surface area contributed by atoms with E-state index in [0.29, 0.717) is 0 Å². The van der Waals surface area contributed by atoms with Crippen molar-refractivity contribution >= 4 is 11.7 Å². The maximum absolute atomic E-state index is 12.7. The van der Waals surface area contributed by atoms with Gasteiger partial charge in [-0.05, 0) is 45.4 Å². The molecule has 0 saturated heterocycles. The Labute approximate surface area is 109 Å². The molecule has 0 spiro atoms. The molecule has 1 aromatic carbocycles. The third kappa shape index (κ3) is 4.15. The molecule has 0 aliphatic rings. The van der Waals surface area contributed by atoms with Crippen molar-refractivity contribution in [2.24, 2.45) is 5.41 Å². The first-order chi connectivity index (χ1) is 8.51. The number of rotatable bonds is 2. The van der Waals surface area contributed by atoms with Crippen molar-refractivity contribution in [3.63, 3.8) is 0 Å². The van der Waals surface area contributed by atoms with Gasteiger partial charge in [0.15, 0.2) is 0 Å². The fourth-order valence-electron chi connectivity index (χ4n) is 1.25. The van der Waals surface area contributed by atoms with E-state index in [9.17, 15) is 18.0 Å². The average Bonchev–Trinajstić information content (AvgIpc) is 2.24. The molecule has 0 heterocycles. The SMILES string of the molecule is Cc1ccc(NOC(=O)C(C)(C)C)cc1C(F)(F)F. The van der Waals surface area contributed by atoms with Crippen LogP contribution in [0.25, 0.3) is 0 Å². The molecule has 0 fully saturated rings. The molecule has 106 valence electrons. The number of aryl methyl sites for hydroxylation is 1. The van der Waals surface area contributed by atoms with Crippen LogP contribution in [0.15, 0.2) is 18.2 Å². The number of carbonyl (C=O) groups is 1. The van der Waals surface area contributed by atoms with Gasteiger partial charge in [-0.1, -0.05) is 6.07 Å². The molecule has 1 aromatic rings. The number of anilines is 1. The average molecular weight is 275 g/mol. The monoisotopic (exact) mass is 275 g/mol.